The Kier molecular flexibility index (Phi) is 4.09. The molecule has 1 aliphatic rings. The number of imidazole rings is 1. The summed E-state index contributed by atoms with van der Waals surface area (Å²) < 4.78 is 2.14. The van der Waals surface area contributed by atoms with Crippen LogP contribution in [0, 0.1) is 6.92 Å². The van der Waals surface area contributed by atoms with Crippen molar-refractivity contribution in [1.29, 1.82) is 0 Å². The summed E-state index contributed by atoms with van der Waals surface area (Å²) in [5, 5.41) is 2.99. The Bertz CT molecular complexity index is 895. The Labute approximate surface area is 146 Å². The van der Waals surface area contributed by atoms with Crippen molar-refractivity contribution in [3.8, 4) is 0 Å². The van der Waals surface area contributed by atoms with E-state index in [0.717, 1.165) is 48.3 Å². The molecule has 0 spiro atoms. The molecule has 0 radical (unpaired) electrons. The van der Waals surface area contributed by atoms with Crippen LogP contribution >= 0.6 is 0 Å². The summed E-state index contributed by atoms with van der Waals surface area (Å²) in [6.07, 6.45) is 5.47. The number of nitrogens with one attached hydrogen (secondary N) is 1. The Morgan fingerprint density at radius 2 is 2.00 bits per heavy atom. The molecule has 3 heterocycles. The normalized spacial score (nSPS) is 15.5. The molecule has 6 nitrogen and oxygen atoms in total. The largest absolute Gasteiger partial charge is 0.324 e. The van der Waals surface area contributed by atoms with Gasteiger partial charge in [-0.3, -0.25) is 0 Å². The maximum absolute atomic E-state index is 12.5. The zero-order valence-electron chi connectivity index (χ0n) is 14.2. The molecule has 25 heavy (non-hydrogen) atoms. The molecule has 6 heteroatoms. The first-order valence-corrected chi connectivity index (χ1v) is 8.61. The van der Waals surface area contributed by atoms with Crippen LogP contribution in [0.3, 0.4) is 0 Å². The molecule has 3 aromatic rings. The highest BCUT2D eigenvalue weighted by Gasteiger charge is 2.25. The van der Waals surface area contributed by atoms with E-state index in [9.17, 15) is 4.79 Å². The number of fused-ring (bicyclic) bond motifs is 1. The van der Waals surface area contributed by atoms with E-state index < -0.39 is 0 Å². The topological polar surface area (TPSA) is 63.1 Å². The fraction of sp³-hybridized carbons (Fsp3) is 0.316. The fourth-order valence-corrected chi connectivity index (χ4v) is 3.41. The average molecular weight is 335 g/mol. The van der Waals surface area contributed by atoms with Crippen LogP contribution in [0.2, 0.25) is 0 Å². The van der Waals surface area contributed by atoms with Crippen LogP contribution < -0.4 is 5.32 Å². The maximum atomic E-state index is 12.5. The molecule has 0 saturated carbocycles. The van der Waals surface area contributed by atoms with Crippen molar-refractivity contribution in [2.75, 3.05) is 18.4 Å². The molecule has 1 N–H and O–H groups in total. The second-order valence-electron chi connectivity index (χ2n) is 6.52. The van der Waals surface area contributed by atoms with Crippen LogP contribution in [0.4, 0.5) is 10.5 Å². The van der Waals surface area contributed by atoms with Crippen LogP contribution in [-0.4, -0.2) is 38.6 Å². The van der Waals surface area contributed by atoms with Gasteiger partial charge in [-0.25, -0.2) is 14.8 Å². The molecule has 1 aliphatic heterocycles. The lowest BCUT2D eigenvalue weighted by atomic mass is 10.1. The number of nitrogens with zero attached hydrogens (tertiary/aromatic N) is 4. The molecule has 0 atom stereocenters. The predicted molar refractivity (Wildman–Crippen MR) is 97.6 cm³/mol. The third kappa shape index (κ3) is 3.20. The van der Waals surface area contributed by atoms with Gasteiger partial charge in [-0.15, -0.1) is 0 Å². The van der Waals surface area contributed by atoms with E-state index in [2.05, 4.69) is 19.9 Å². The number of carbonyl (C=O) groups excluding carboxylic acids is 1. The van der Waals surface area contributed by atoms with Crippen LogP contribution in [0.1, 0.15) is 24.4 Å². The number of pyridine rings is 1. The van der Waals surface area contributed by atoms with E-state index in [-0.39, 0.29) is 6.03 Å². The molecule has 0 unspecified atom stereocenters. The second-order valence-corrected chi connectivity index (χ2v) is 6.52. The van der Waals surface area contributed by atoms with Crippen molar-refractivity contribution >= 4 is 22.9 Å². The number of amides is 2. The SMILES string of the molecule is Cc1cccc(NC(=O)N2CCC(n3cnc4cccnc43)CC2)c1. The summed E-state index contributed by atoms with van der Waals surface area (Å²) in [4.78, 5) is 23.2. The zero-order chi connectivity index (χ0) is 17.2. The van der Waals surface area contributed by atoms with Gasteiger partial charge in [0.2, 0.25) is 0 Å². The molecule has 1 saturated heterocycles. The van der Waals surface area contributed by atoms with Gasteiger partial charge in [-0.2, -0.15) is 0 Å². The van der Waals surface area contributed by atoms with Gasteiger partial charge >= 0.3 is 6.03 Å². The van der Waals surface area contributed by atoms with Crippen molar-refractivity contribution < 1.29 is 4.79 Å². The van der Waals surface area contributed by atoms with Gasteiger partial charge in [-0.05, 0) is 49.6 Å². The minimum absolute atomic E-state index is 0.0299. The number of hydrogen-bond acceptors (Lipinski definition) is 3. The van der Waals surface area contributed by atoms with Crippen molar-refractivity contribution in [2.24, 2.45) is 0 Å². The number of rotatable bonds is 2. The quantitative estimate of drug-likeness (QED) is 0.778. The first-order valence-electron chi connectivity index (χ1n) is 8.61. The van der Waals surface area contributed by atoms with E-state index in [4.69, 9.17) is 0 Å². The predicted octanol–water partition coefficient (Wildman–Crippen LogP) is 3.61. The van der Waals surface area contributed by atoms with Gasteiger partial charge in [0.1, 0.15) is 5.52 Å². The molecule has 1 aromatic carbocycles. The summed E-state index contributed by atoms with van der Waals surface area (Å²) in [7, 11) is 0. The number of piperidine rings is 1. The molecule has 2 aromatic heterocycles. The minimum Gasteiger partial charge on any atom is -0.324 e. The highest BCUT2D eigenvalue weighted by molar-refractivity contribution is 5.89. The number of aromatic nitrogens is 3. The van der Waals surface area contributed by atoms with E-state index in [0.29, 0.717) is 6.04 Å². The number of urea groups is 1. The third-order valence-electron chi connectivity index (χ3n) is 4.75. The van der Waals surface area contributed by atoms with Crippen LogP contribution in [0.5, 0.6) is 0 Å². The molecule has 2 amide bonds. The van der Waals surface area contributed by atoms with Crippen molar-refractivity contribution in [3.05, 3.63) is 54.5 Å². The van der Waals surface area contributed by atoms with Gasteiger partial charge in [0.05, 0.1) is 6.33 Å². The Hall–Kier alpha value is -2.89. The molecule has 0 bridgehead atoms. The molecular weight excluding hydrogens is 314 g/mol. The smallest absolute Gasteiger partial charge is 0.321 e. The minimum atomic E-state index is -0.0299. The van der Waals surface area contributed by atoms with Gasteiger partial charge < -0.3 is 14.8 Å². The van der Waals surface area contributed by atoms with Crippen LogP contribution in [0.25, 0.3) is 11.2 Å². The summed E-state index contributed by atoms with van der Waals surface area (Å²) in [5.41, 5.74) is 3.82. The lowest BCUT2D eigenvalue weighted by Crippen LogP contribution is -2.41. The number of benzene rings is 1. The Morgan fingerprint density at radius 3 is 2.80 bits per heavy atom. The van der Waals surface area contributed by atoms with E-state index in [1.54, 1.807) is 6.20 Å². The van der Waals surface area contributed by atoms with Gasteiger partial charge in [0.15, 0.2) is 5.65 Å². The molecule has 128 valence electrons. The summed E-state index contributed by atoms with van der Waals surface area (Å²) >= 11 is 0. The van der Waals surface area contributed by atoms with Gasteiger partial charge in [0, 0.05) is 31.0 Å². The first-order chi connectivity index (χ1) is 12.2. The zero-order valence-corrected chi connectivity index (χ0v) is 14.2. The van der Waals surface area contributed by atoms with Gasteiger partial charge in [0.25, 0.3) is 0 Å². The highest BCUT2D eigenvalue weighted by atomic mass is 16.2. The Balaban J connectivity index is 1.40. The summed E-state index contributed by atoms with van der Waals surface area (Å²) in [5.74, 6) is 0. The number of aryl methyl sites for hydroxylation is 1. The van der Waals surface area contributed by atoms with Crippen molar-refractivity contribution in [1.82, 2.24) is 19.4 Å². The maximum Gasteiger partial charge on any atom is 0.321 e. The number of anilines is 1. The van der Waals surface area contributed by atoms with Gasteiger partial charge in [-0.1, -0.05) is 12.1 Å². The number of hydrogen-bond donors (Lipinski definition) is 1. The summed E-state index contributed by atoms with van der Waals surface area (Å²) in [6, 6.07) is 12.1. The van der Waals surface area contributed by atoms with Crippen molar-refractivity contribution in [2.45, 2.75) is 25.8 Å². The number of carbonyl (C=O) groups is 1. The number of likely N-dealkylation sites (tertiary alicyclic amines) is 1. The second kappa shape index (κ2) is 6.55. The Morgan fingerprint density at radius 1 is 1.16 bits per heavy atom. The first kappa shape index (κ1) is 15.6. The molecule has 1 fully saturated rings. The summed E-state index contributed by atoms with van der Waals surface area (Å²) in [6.45, 7) is 3.48. The average Bonchev–Trinajstić information content (AvgIpc) is 3.06. The monoisotopic (exact) mass is 335 g/mol. The molecule has 0 aliphatic carbocycles. The fourth-order valence-electron chi connectivity index (χ4n) is 3.41. The lowest BCUT2D eigenvalue weighted by molar-refractivity contribution is 0.184. The molecular formula is C19H21N5O. The lowest BCUT2D eigenvalue weighted by Gasteiger charge is -2.32. The van der Waals surface area contributed by atoms with E-state index >= 15 is 0 Å². The van der Waals surface area contributed by atoms with Crippen molar-refractivity contribution in [3.63, 3.8) is 0 Å². The highest BCUT2D eigenvalue weighted by Crippen LogP contribution is 2.26. The standard InChI is InChI=1S/C19H21N5O/c1-14-4-2-5-15(12-14)22-19(25)23-10-7-16(8-11-23)24-13-21-17-6-3-9-20-18(17)24/h2-6,9,12-13,16H,7-8,10-11H2,1H3,(H,22,25). The van der Waals surface area contributed by atoms with E-state index in [1.807, 2.05) is 54.5 Å². The molecule has 4 rings (SSSR count). The van der Waals surface area contributed by atoms with Crippen LogP contribution in [-0.2, 0) is 0 Å². The third-order valence-corrected chi connectivity index (χ3v) is 4.75. The van der Waals surface area contributed by atoms with E-state index in [1.165, 1.54) is 0 Å². The van der Waals surface area contributed by atoms with Crippen LogP contribution in [0.15, 0.2) is 48.9 Å².